The van der Waals surface area contributed by atoms with Crippen LogP contribution in [0.15, 0.2) is 24.4 Å². The Morgan fingerprint density at radius 1 is 1.28 bits per heavy atom. The van der Waals surface area contributed by atoms with Crippen LogP contribution in [0.2, 0.25) is 0 Å². The first kappa shape index (κ1) is 14.9. The molecule has 1 heterocycles. The Morgan fingerprint density at radius 3 is 2.50 bits per heavy atom. The first-order chi connectivity index (χ1) is 7.93. The highest BCUT2D eigenvalue weighted by molar-refractivity contribution is 5.85. The number of rotatable bonds is 2. The number of methoxy groups -OCH3 is 1. The molecule has 0 saturated heterocycles. The summed E-state index contributed by atoms with van der Waals surface area (Å²) in [6, 6.07) is 6.01. The zero-order valence-electron chi connectivity index (χ0n) is 11.3. The largest absolute Gasteiger partial charge is 0.497 e. The van der Waals surface area contributed by atoms with Crippen molar-refractivity contribution in [1.82, 2.24) is 4.98 Å². The van der Waals surface area contributed by atoms with E-state index in [0.29, 0.717) is 0 Å². The molecule has 0 bridgehead atoms. The number of H-pyrrole nitrogens is 1. The Morgan fingerprint density at radius 2 is 1.94 bits per heavy atom. The van der Waals surface area contributed by atoms with Gasteiger partial charge in [0.05, 0.1) is 7.11 Å². The number of hydrogen-bond acceptors (Lipinski definition) is 2. The average molecular weight is 269 g/mol. The lowest BCUT2D eigenvalue weighted by Gasteiger charge is -2.26. The molecule has 18 heavy (non-hydrogen) atoms. The molecule has 0 amide bonds. The van der Waals surface area contributed by atoms with Gasteiger partial charge < -0.3 is 15.5 Å². The molecule has 1 aromatic carbocycles. The molecule has 0 aliphatic carbocycles. The van der Waals surface area contributed by atoms with Gasteiger partial charge in [0.1, 0.15) is 5.75 Å². The van der Waals surface area contributed by atoms with Crippen LogP contribution in [0.4, 0.5) is 0 Å². The van der Waals surface area contributed by atoms with E-state index >= 15 is 0 Å². The van der Waals surface area contributed by atoms with Gasteiger partial charge in [0.15, 0.2) is 0 Å². The standard InChI is InChI=1S/C14H20N2O.ClH/c1-14(2,3)13(15)11-8-16-12-6-5-9(17-4)7-10(11)12;/h5-8,13,16H,15H2,1-4H3;1H/t13-;/m0./s1. The van der Waals surface area contributed by atoms with E-state index in [2.05, 4.69) is 25.8 Å². The summed E-state index contributed by atoms with van der Waals surface area (Å²) in [6.45, 7) is 6.45. The molecular formula is C14H21ClN2O. The van der Waals surface area contributed by atoms with Gasteiger partial charge in [0, 0.05) is 23.1 Å². The number of fused-ring (bicyclic) bond motifs is 1. The molecule has 0 aliphatic heterocycles. The van der Waals surface area contributed by atoms with Gasteiger partial charge in [-0.15, -0.1) is 12.4 Å². The van der Waals surface area contributed by atoms with Crippen molar-refractivity contribution in [1.29, 1.82) is 0 Å². The van der Waals surface area contributed by atoms with E-state index < -0.39 is 0 Å². The van der Waals surface area contributed by atoms with Gasteiger partial charge in [0.25, 0.3) is 0 Å². The Balaban J connectivity index is 0.00000162. The number of ether oxygens (including phenoxy) is 1. The summed E-state index contributed by atoms with van der Waals surface area (Å²) in [7, 11) is 1.68. The maximum Gasteiger partial charge on any atom is 0.119 e. The average Bonchev–Trinajstić information content (AvgIpc) is 2.69. The molecule has 1 atom stereocenters. The summed E-state index contributed by atoms with van der Waals surface area (Å²) >= 11 is 0. The zero-order chi connectivity index (χ0) is 12.6. The maximum absolute atomic E-state index is 6.31. The van der Waals surface area contributed by atoms with Crippen molar-refractivity contribution in [2.75, 3.05) is 7.11 Å². The molecule has 0 fully saturated rings. The van der Waals surface area contributed by atoms with Gasteiger partial charge in [-0.1, -0.05) is 20.8 Å². The van der Waals surface area contributed by atoms with Crippen LogP contribution in [0.3, 0.4) is 0 Å². The van der Waals surface area contributed by atoms with E-state index in [1.165, 1.54) is 0 Å². The highest BCUT2D eigenvalue weighted by atomic mass is 35.5. The lowest BCUT2D eigenvalue weighted by atomic mass is 9.83. The van der Waals surface area contributed by atoms with E-state index in [1.54, 1.807) is 7.11 Å². The fourth-order valence-electron chi connectivity index (χ4n) is 1.97. The van der Waals surface area contributed by atoms with Gasteiger partial charge >= 0.3 is 0 Å². The zero-order valence-corrected chi connectivity index (χ0v) is 12.1. The monoisotopic (exact) mass is 268 g/mol. The SMILES string of the molecule is COc1ccc2[nH]cc([C@H](N)C(C)(C)C)c2c1.Cl. The normalized spacial score (nSPS) is 13.2. The van der Waals surface area contributed by atoms with Crippen LogP contribution in [0.1, 0.15) is 32.4 Å². The molecule has 0 spiro atoms. The summed E-state index contributed by atoms with van der Waals surface area (Å²) in [5.41, 5.74) is 8.60. The van der Waals surface area contributed by atoms with E-state index in [1.807, 2.05) is 24.4 Å². The number of nitrogens with one attached hydrogen (secondary N) is 1. The summed E-state index contributed by atoms with van der Waals surface area (Å²) in [5.74, 6) is 0.861. The summed E-state index contributed by atoms with van der Waals surface area (Å²) in [5, 5.41) is 1.15. The molecule has 100 valence electrons. The predicted octanol–water partition coefficient (Wildman–Crippen LogP) is 3.64. The van der Waals surface area contributed by atoms with Crippen molar-refractivity contribution < 1.29 is 4.74 Å². The van der Waals surface area contributed by atoms with Crippen LogP contribution < -0.4 is 10.5 Å². The number of halogens is 1. The molecule has 4 heteroatoms. The molecule has 0 aliphatic rings. The van der Waals surface area contributed by atoms with Crippen LogP contribution >= 0.6 is 12.4 Å². The van der Waals surface area contributed by atoms with E-state index in [-0.39, 0.29) is 23.9 Å². The molecule has 0 saturated carbocycles. The fourth-order valence-corrected chi connectivity index (χ4v) is 1.97. The highest BCUT2D eigenvalue weighted by Gasteiger charge is 2.24. The van der Waals surface area contributed by atoms with Crippen LogP contribution in [-0.4, -0.2) is 12.1 Å². The summed E-state index contributed by atoms with van der Waals surface area (Å²) in [4.78, 5) is 3.26. The second kappa shape index (κ2) is 5.21. The van der Waals surface area contributed by atoms with E-state index in [0.717, 1.165) is 22.2 Å². The fraction of sp³-hybridized carbons (Fsp3) is 0.429. The van der Waals surface area contributed by atoms with Crippen LogP contribution in [0.25, 0.3) is 10.9 Å². The quantitative estimate of drug-likeness (QED) is 0.874. The predicted molar refractivity (Wildman–Crippen MR) is 78.5 cm³/mol. The second-order valence-electron chi connectivity index (χ2n) is 5.50. The van der Waals surface area contributed by atoms with Crippen LogP contribution in [0, 0.1) is 5.41 Å². The number of aromatic amines is 1. The number of hydrogen-bond donors (Lipinski definition) is 2. The van der Waals surface area contributed by atoms with Crippen molar-refractivity contribution in [3.05, 3.63) is 30.0 Å². The Bertz CT molecular complexity index is 528. The Labute approximate surface area is 114 Å². The number of nitrogens with two attached hydrogens (primary N) is 1. The van der Waals surface area contributed by atoms with Crippen molar-refractivity contribution in [2.45, 2.75) is 26.8 Å². The maximum atomic E-state index is 6.31. The van der Waals surface area contributed by atoms with E-state index in [4.69, 9.17) is 10.5 Å². The van der Waals surface area contributed by atoms with Gasteiger partial charge in [-0.05, 0) is 29.2 Å². The molecule has 3 nitrogen and oxygen atoms in total. The molecule has 2 rings (SSSR count). The molecular weight excluding hydrogens is 248 g/mol. The smallest absolute Gasteiger partial charge is 0.119 e. The summed E-state index contributed by atoms with van der Waals surface area (Å²) in [6.07, 6.45) is 2.00. The minimum absolute atomic E-state index is 0. The molecule has 0 unspecified atom stereocenters. The van der Waals surface area contributed by atoms with Gasteiger partial charge in [-0.25, -0.2) is 0 Å². The van der Waals surface area contributed by atoms with Crippen LogP contribution in [0.5, 0.6) is 5.75 Å². The molecule has 1 aromatic heterocycles. The van der Waals surface area contributed by atoms with Gasteiger partial charge in [-0.2, -0.15) is 0 Å². The lowest BCUT2D eigenvalue weighted by Crippen LogP contribution is -2.25. The van der Waals surface area contributed by atoms with Crippen molar-refractivity contribution in [2.24, 2.45) is 11.1 Å². The number of aromatic nitrogens is 1. The first-order valence-corrected chi connectivity index (χ1v) is 5.84. The molecule has 0 radical (unpaired) electrons. The highest BCUT2D eigenvalue weighted by Crippen LogP contribution is 2.35. The third-order valence-electron chi connectivity index (χ3n) is 3.19. The lowest BCUT2D eigenvalue weighted by molar-refractivity contribution is 0.328. The molecule has 3 N–H and O–H groups in total. The van der Waals surface area contributed by atoms with Gasteiger partial charge in [0.2, 0.25) is 0 Å². The third-order valence-corrected chi connectivity index (χ3v) is 3.19. The van der Waals surface area contributed by atoms with Crippen LogP contribution in [-0.2, 0) is 0 Å². The topological polar surface area (TPSA) is 51.0 Å². The molecule has 2 aromatic rings. The second-order valence-corrected chi connectivity index (χ2v) is 5.50. The van der Waals surface area contributed by atoms with Crippen molar-refractivity contribution >= 4 is 23.3 Å². The Hall–Kier alpha value is -1.19. The third kappa shape index (κ3) is 2.62. The number of benzene rings is 1. The minimum atomic E-state index is 0. The minimum Gasteiger partial charge on any atom is -0.497 e. The van der Waals surface area contributed by atoms with Gasteiger partial charge in [-0.3, -0.25) is 0 Å². The van der Waals surface area contributed by atoms with Crippen molar-refractivity contribution in [3.63, 3.8) is 0 Å². The summed E-state index contributed by atoms with van der Waals surface area (Å²) < 4.78 is 5.26. The van der Waals surface area contributed by atoms with Crippen molar-refractivity contribution in [3.8, 4) is 5.75 Å². The Kier molecular flexibility index (Phi) is 4.30. The first-order valence-electron chi connectivity index (χ1n) is 5.84. The van der Waals surface area contributed by atoms with E-state index in [9.17, 15) is 0 Å².